The molecule has 0 atom stereocenters. The summed E-state index contributed by atoms with van der Waals surface area (Å²) >= 11 is -0.432. The summed E-state index contributed by atoms with van der Waals surface area (Å²) in [6.07, 6.45) is 5.50. The van der Waals surface area contributed by atoms with Crippen molar-refractivity contribution in [2.45, 2.75) is 6.54 Å². The van der Waals surface area contributed by atoms with Crippen LogP contribution in [-0.2, 0) is 11.3 Å². The molecule has 1 saturated heterocycles. The molecule has 1 aromatic carbocycles. The summed E-state index contributed by atoms with van der Waals surface area (Å²) in [5, 5.41) is 3.03. The Kier molecular flexibility index (Phi) is 5.45. The molecule has 2 aliphatic rings. The van der Waals surface area contributed by atoms with E-state index in [0.717, 1.165) is 34.7 Å². The molecule has 2 aliphatic heterocycles. The van der Waals surface area contributed by atoms with Crippen LogP contribution in [0.2, 0.25) is 0 Å². The molecule has 3 heterocycles. The Bertz CT molecular complexity index is 895. The van der Waals surface area contributed by atoms with E-state index in [9.17, 15) is 4.79 Å². The summed E-state index contributed by atoms with van der Waals surface area (Å²) < 4.78 is 8.67. The van der Waals surface area contributed by atoms with Gasteiger partial charge in [-0.1, -0.05) is 0 Å². The zero-order valence-corrected chi connectivity index (χ0v) is 16.9. The molecule has 5 nitrogen and oxygen atoms in total. The molecule has 0 unspecified atom stereocenters. The Balaban J connectivity index is 1.31. The van der Waals surface area contributed by atoms with Crippen LogP contribution in [0, 0.1) is 5.92 Å². The quantitative estimate of drug-likeness (QED) is 0.582. The van der Waals surface area contributed by atoms with Crippen LogP contribution in [0.4, 0.5) is 0 Å². The number of halogens is 1. The number of furan rings is 1. The predicted molar refractivity (Wildman–Crippen MR) is 100 cm³/mol. The number of amides is 1. The third kappa shape index (κ3) is 4.33. The van der Waals surface area contributed by atoms with Crippen molar-refractivity contribution >= 4 is 9.49 Å². The molecule has 0 radical (unpaired) electrons. The average Bonchev–Trinajstić information content (AvgIpc) is 3.12. The summed E-state index contributed by atoms with van der Waals surface area (Å²) in [7, 11) is 0. The number of rotatable bonds is 5. The number of allylic oxidation sites excluding steroid dienone is 2. The van der Waals surface area contributed by atoms with Gasteiger partial charge in [-0.25, -0.2) is 0 Å². The van der Waals surface area contributed by atoms with Gasteiger partial charge >= 0.3 is 169 Å². The van der Waals surface area contributed by atoms with Crippen molar-refractivity contribution in [2.24, 2.45) is 11.7 Å². The minimum absolute atomic E-state index is 0.0152. The molecule has 2 aromatic rings. The fraction of sp³-hybridized carbons (Fsp3) is 0.190. The SMILES string of the molecule is NC1=CC=C(c2ccco2)[I-]C=C1NC(=O)C1CN(Cc2ccccc2)C1. The second-order valence-electron chi connectivity index (χ2n) is 6.61. The Labute approximate surface area is 168 Å². The van der Waals surface area contributed by atoms with Crippen molar-refractivity contribution in [3.05, 3.63) is 87.7 Å². The average molecular weight is 474 g/mol. The van der Waals surface area contributed by atoms with Gasteiger partial charge < -0.3 is 0 Å². The summed E-state index contributed by atoms with van der Waals surface area (Å²) in [5.41, 5.74) is 8.73. The van der Waals surface area contributed by atoms with Gasteiger partial charge in [-0.05, 0) is 0 Å². The fourth-order valence-corrected chi connectivity index (χ4v) is 5.22. The van der Waals surface area contributed by atoms with Crippen LogP contribution >= 0.6 is 0 Å². The van der Waals surface area contributed by atoms with E-state index in [1.807, 2.05) is 42.5 Å². The fourth-order valence-electron chi connectivity index (χ4n) is 3.06. The molecule has 3 N–H and O–H groups in total. The monoisotopic (exact) mass is 474 g/mol. The van der Waals surface area contributed by atoms with Crippen molar-refractivity contribution < 1.29 is 30.4 Å². The maximum absolute atomic E-state index is 12.6. The van der Waals surface area contributed by atoms with Crippen LogP contribution in [-0.4, -0.2) is 23.9 Å². The Hall–Kier alpha value is -2.32. The third-order valence-corrected chi connectivity index (χ3v) is 7.09. The van der Waals surface area contributed by atoms with E-state index in [2.05, 4.69) is 26.4 Å². The van der Waals surface area contributed by atoms with E-state index in [4.69, 9.17) is 10.2 Å². The van der Waals surface area contributed by atoms with Gasteiger partial charge in [0.25, 0.3) is 0 Å². The summed E-state index contributed by atoms with van der Waals surface area (Å²) in [6, 6.07) is 14.2. The van der Waals surface area contributed by atoms with Crippen LogP contribution in [0.15, 0.2) is 80.8 Å². The molecule has 0 bridgehead atoms. The summed E-state index contributed by atoms with van der Waals surface area (Å²) in [6.45, 7) is 2.45. The first-order chi connectivity index (χ1) is 13.2. The Morgan fingerprint density at radius 1 is 1.19 bits per heavy atom. The van der Waals surface area contributed by atoms with Gasteiger partial charge in [0.1, 0.15) is 0 Å². The van der Waals surface area contributed by atoms with E-state index < -0.39 is 21.2 Å². The van der Waals surface area contributed by atoms with E-state index >= 15 is 0 Å². The predicted octanol–water partition coefficient (Wildman–Crippen LogP) is -0.345. The van der Waals surface area contributed by atoms with Crippen molar-refractivity contribution in [3.63, 3.8) is 0 Å². The first-order valence-corrected chi connectivity index (χ1v) is 11.1. The second-order valence-corrected chi connectivity index (χ2v) is 9.02. The van der Waals surface area contributed by atoms with Crippen molar-refractivity contribution in [1.29, 1.82) is 0 Å². The van der Waals surface area contributed by atoms with Gasteiger partial charge in [0.15, 0.2) is 0 Å². The van der Waals surface area contributed by atoms with Gasteiger partial charge in [0, 0.05) is 0 Å². The van der Waals surface area contributed by atoms with E-state index in [-0.39, 0.29) is 11.8 Å². The van der Waals surface area contributed by atoms with Crippen molar-refractivity contribution in [1.82, 2.24) is 10.2 Å². The first kappa shape index (κ1) is 18.1. The van der Waals surface area contributed by atoms with Gasteiger partial charge in [0.05, 0.1) is 0 Å². The first-order valence-electron chi connectivity index (χ1n) is 8.81. The van der Waals surface area contributed by atoms with E-state index in [1.54, 1.807) is 6.26 Å². The maximum atomic E-state index is 12.6. The number of benzene rings is 1. The van der Waals surface area contributed by atoms with Crippen LogP contribution in [0.5, 0.6) is 0 Å². The number of nitrogens with zero attached hydrogens (tertiary/aromatic N) is 1. The molecule has 140 valence electrons. The van der Waals surface area contributed by atoms with E-state index in [0.29, 0.717) is 5.70 Å². The molecule has 1 fully saturated rings. The molecule has 0 saturated carbocycles. The van der Waals surface area contributed by atoms with Crippen LogP contribution in [0.1, 0.15) is 11.3 Å². The number of carbonyl (C=O) groups is 1. The summed E-state index contributed by atoms with van der Waals surface area (Å²) in [5.74, 6) is 0.931. The number of nitrogens with one attached hydrogen (secondary N) is 1. The van der Waals surface area contributed by atoms with Crippen LogP contribution < -0.4 is 32.3 Å². The Morgan fingerprint density at radius 2 is 2.00 bits per heavy atom. The molecule has 27 heavy (non-hydrogen) atoms. The molecule has 1 amide bonds. The Morgan fingerprint density at radius 3 is 2.74 bits per heavy atom. The minimum atomic E-state index is -0.432. The molecule has 0 spiro atoms. The number of nitrogens with two attached hydrogens (primary N) is 1. The van der Waals surface area contributed by atoms with Gasteiger partial charge in [0.2, 0.25) is 0 Å². The zero-order chi connectivity index (χ0) is 18.6. The molecule has 4 rings (SSSR count). The number of hydrogen-bond acceptors (Lipinski definition) is 4. The van der Waals surface area contributed by atoms with Gasteiger partial charge in [-0.2, -0.15) is 0 Å². The third-order valence-electron chi connectivity index (χ3n) is 4.59. The number of hydrogen-bond donors (Lipinski definition) is 2. The molecule has 6 heteroatoms. The van der Waals surface area contributed by atoms with Gasteiger partial charge in [-0.15, -0.1) is 0 Å². The van der Waals surface area contributed by atoms with Crippen LogP contribution in [0.3, 0.4) is 0 Å². The van der Waals surface area contributed by atoms with Crippen molar-refractivity contribution in [3.8, 4) is 0 Å². The standard InChI is InChI=1S/C21H21IN3O2/c23-18-9-8-17(20-7-4-10-27-20)22-11-19(18)24-21(26)16-13-25(14-16)12-15-5-2-1-3-6-15/h1-11,16H,12-14,23H2,(H,24,26)/q-1. The molecular formula is C21H21IN3O2-. The van der Waals surface area contributed by atoms with Crippen molar-refractivity contribution in [2.75, 3.05) is 13.1 Å². The zero-order valence-electron chi connectivity index (χ0n) is 14.8. The molecule has 1 aromatic heterocycles. The van der Waals surface area contributed by atoms with Crippen LogP contribution in [0.25, 0.3) is 3.58 Å². The number of carbonyl (C=O) groups excluding carboxylic acids is 1. The molecular weight excluding hydrogens is 453 g/mol. The second kappa shape index (κ2) is 8.14. The summed E-state index contributed by atoms with van der Waals surface area (Å²) in [4.78, 5) is 14.9. The van der Waals surface area contributed by atoms with E-state index in [1.165, 1.54) is 5.56 Å². The molecule has 0 aliphatic carbocycles. The normalized spacial score (nSPS) is 18.3. The topological polar surface area (TPSA) is 71.5 Å². The number of likely N-dealkylation sites (tertiary alicyclic amines) is 1. The van der Waals surface area contributed by atoms with Gasteiger partial charge in [-0.3, -0.25) is 0 Å².